The van der Waals surface area contributed by atoms with E-state index in [1.54, 1.807) is 17.0 Å². The topological polar surface area (TPSA) is 71.0 Å². The van der Waals surface area contributed by atoms with Gasteiger partial charge in [0.15, 0.2) is 11.5 Å². The van der Waals surface area contributed by atoms with E-state index in [0.717, 1.165) is 23.3 Å². The SMILES string of the molecule is C[C@H](NC(=O)N1CC=C(c2ccc(O)cc2)CC1)c1ccc2c(c1)OCO2. The van der Waals surface area contributed by atoms with E-state index in [4.69, 9.17) is 9.47 Å². The summed E-state index contributed by atoms with van der Waals surface area (Å²) in [4.78, 5) is 14.4. The zero-order valence-electron chi connectivity index (χ0n) is 15.1. The van der Waals surface area contributed by atoms with Crippen LogP contribution in [0, 0.1) is 0 Å². The third-order valence-corrected chi connectivity index (χ3v) is 4.97. The van der Waals surface area contributed by atoms with E-state index in [1.165, 1.54) is 5.57 Å². The van der Waals surface area contributed by atoms with Crippen LogP contribution in [0.15, 0.2) is 48.5 Å². The molecule has 4 rings (SSSR count). The van der Waals surface area contributed by atoms with Crippen molar-refractivity contribution in [3.05, 3.63) is 59.7 Å². The van der Waals surface area contributed by atoms with Gasteiger partial charge in [0.1, 0.15) is 5.75 Å². The molecule has 0 fully saturated rings. The molecule has 6 heteroatoms. The molecule has 0 saturated carbocycles. The maximum atomic E-state index is 12.6. The molecular weight excluding hydrogens is 344 g/mol. The highest BCUT2D eigenvalue weighted by molar-refractivity contribution is 5.77. The number of phenols is 1. The van der Waals surface area contributed by atoms with Gasteiger partial charge in [-0.15, -0.1) is 0 Å². The van der Waals surface area contributed by atoms with Gasteiger partial charge in [-0.1, -0.05) is 24.3 Å². The number of ether oxygens (including phenoxy) is 2. The Hall–Kier alpha value is -3.15. The minimum Gasteiger partial charge on any atom is -0.508 e. The predicted molar refractivity (Wildman–Crippen MR) is 102 cm³/mol. The standard InChI is InChI=1S/C21H22N2O4/c1-14(17-4-7-19-20(12-17)27-13-26-19)22-21(25)23-10-8-16(9-11-23)15-2-5-18(24)6-3-15/h2-8,12,14,24H,9-11,13H2,1H3,(H,22,25)/t14-/m0/s1. The number of phenolic OH excluding ortho intramolecular Hbond substituents is 1. The highest BCUT2D eigenvalue weighted by atomic mass is 16.7. The molecule has 0 saturated heterocycles. The summed E-state index contributed by atoms with van der Waals surface area (Å²) in [5, 5.41) is 12.5. The van der Waals surface area contributed by atoms with Gasteiger partial charge in [-0.25, -0.2) is 4.79 Å². The number of fused-ring (bicyclic) bond motifs is 1. The summed E-state index contributed by atoms with van der Waals surface area (Å²) >= 11 is 0. The maximum absolute atomic E-state index is 12.6. The average Bonchev–Trinajstić information content (AvgIpc) is 3.16. The molecule has 2 aliphatic rings. The smallest absolute Gasteiger partial charge is 0.318 e. The molecule has 2 amide bonds. The Balaban J connectivity index is 1.37. The maximum Gasteiger partial charge on any atom is 0.318 e. The van der Waals surface area contributed by atoms with E-state index < -0.39 is 0 Å². The fourth-order valence-electron chi connectivity index (χ4n) is 3.33. The van der Waals surface area contributed by atoms with Gasteiger partial charge < -0.3 is 24.8 Å². The Morgan fingerprint density at radius 1 is 1.15 bits per heavy atom. The van der Waals surface area contributed by atoms with Crippen LogP contribution >= 0.6 is 0 Å². The number of amides is 2. The number of urea groups is 1. The molecule has 0 unspecified atom stereocenters. The lowest BCUT2D eigenvalue weighted by Crippen LogP contribution is -2.43. The van der Waals surface area contributed by atoms with Crippen LogP contribution < -0.4 is 14.8 Å². The van der Waals surface area contributed by atoms with E-state index in [1.807, 2.05) is 37.3 Å². The van der Waals surface area contributed by atoms with Gasteiger partial charge in [0, 0.05) is 13.1 Å². The fraction of sp³-hybridized carbons (Fsp3) is 0.286. The van der Waals surface area contributed by atoms with Crippen LogP contribution in [0.5, 0.6) is 17.2 Å². The Morgan fingerprint density at radius 2 is 1.93 bits per heavy atom. The zero-order valence-corrected chi connectivity index (χ0v) is 15.1. The number of hydrogen-bond acceptors (Lipinski definition) is 4. The van der Waals surface area contributed by atoms with Crippen molar-refractivity contribution in [2.75, 3.05) is 19.9 Å². The minimum absolute atomic E-state index is 0.0822. The summed E-state index contributed by atoms with van der Waals surface area (Å²) in [7, 11) is 0. The Labute approximate surface area is 158 Å². The van der Waals surface area contributed by atoms with Gasteiger partial charge in [-0.05, 0) is 54.3 Å². The molecule has 0 spiro atoms. The van der Waals surface area contributed by atoms with E-state index in [9.17, 15) is 9.90 Å². The molecule has 0 aromatic heterocycles. The van der Waals surface area contributed by atoms with Gasteiger partial charge in [0.2, 0.25) is 6.79 Å². The highest BCUT2D eigenvalue weighted by Gasteiger charge is 2.21. The summed E-state index contributed by atoms with van der Waals surface area (Å²) in [6.07, 6.45) is 2.86. The lowest BCUT2D eigenvalue weighted by atomic mass is 9.99. The average molecular weight is 366 g/mol. The molecular formula is C21H22N2O4. The summed E-state index contributed by atoms with van der Waals surface area (Å²) in [6.45, 7) is 3.42. The van der Waals surface area contributed by atoms with Crippen molar-refractivity contribution >= 4 is 11.6 Å². The number of hydrogen-bond donors (Lipinski definition) is 2. The van der Waals surface area contributed by atoms with Crippen LogP contribution in [0.3, 0.4) is 0 Å². The molecule has 2 aromatic carbocycles. The van der Waals surface area contributed by atoms with Crippen molar-refractivity contribution in [2.24, 2.45) is 0 Å². The number of carbonyl (C=O) groups is 1. The summed E-state index contributed by atoms with van der Waals surface area (Å²) in [5.41, 5.74) is 3.26. The van der Waals surface area contributed by atoms with Crippen LogP contribution in [0.1, 0.15) is 30.5 Å². The molecule has 0 aliphatic carbocycles. The van der Waals surface area contributed by atoms with Crippen molar-refractivity contribution in [1.82, 2.24) is 10.2 Å². The third-order valence-electron chi connectivity index (χ3n) is 4.97. The molecule has 6 nitrogen and oxygen atoms in total. The van der Waals surface area contributed by atoms with Crippen LogP contribution in [-0.4, -0.2) is 35.9 Å². The normalized spacial score (nSPS) is 16.6. The van der Waals surface area contributed by atoms with Gasteiger partial charge in [-0.2, -0.15) is 0 Å². The molecule has 0 radical (unpaired) electrons. The summed E-state index contributed by atoms with van der Waals surface area (Å²) < 4.78 is 10.7. The largest absolute Gasteiger partial charge is 0.508 e. The second-order valence-electron chi connectivity index (χ2n) is 6.76. The molecule has 0 bridgehead atoms. The second kappa shape index (κ2) is 7.23. The molecule has 2 heterocycles. The van der Waals surface area contributed by atoms with Crippen LogP contribution in [0.25, 0.3) is 5.57 Å². The number of nitrogens with zero attached hydrogens (tertiary/aromatic N) is 1. The zero-order chi connectivity index (χ0) is 18.8. The van der Waals surface area contributed by atoms with E-state index in [-0.39, 0.29) is 24.6 Å². The number of carbonyl (C=O) groups excluding carboxylic acids is 1. The van der Waals surface area contributed by atoms with Crippen molar-refractivity contribution in [3.63, 3.8) is 0 Å². The number of benzene rings is 2. The second-order valence-corrected chi connectivity index (χ2v) is 6.76. The van der Waals surface area contributed by atoms with E-state index in [2.05, 4.69) is 11.4 Å². The minimum atomic E-state index is -0.130. The van der Waals surface area contributed by atoms with Gasteiger partial charge in [0.05, 0.1) is 6.04 Å². The lowest BCUT2D eigenvalue weighted by Gasteiger charge is -2.28. The molecule has 2 aliphatic heterocycles. The van der Waals surface area contributed by atoms with E-state index >= 15 is 0 Å². The van der Waals surface area contributed by atoms with Crippen molar-refractivity contribution < 1.29 is 19.4 Å². The molecule has 2 aromatic rings. The van der Waals surface area contributed by atoms with Gasteiger partial charge >= 0.3 is 6.03 Å². The summed E-state index contributed by atoms with van der Waals surface area (Å²) in [6, 6.07) is 12.7. The number of nitrogens with one attached hydrogen (secondary N) is 1. The highest BCUT2D eigenvalue weighted by Crippen LogP contribution is 2.34. The lowest BCUT2D eigenvalue weighted by molar-refractivity contribution is 0.174. The van der Waals surface area contributed by atoms with Gasteiger partial charge in [0.25, 0.3) is 0 Å². The first kappa shape index (κ1) is 17.3. The fourth-order valence-corrected chi connectivity index (χ4v) is 3.33. The van der Waals surface area contributed by atoms with Crippen LogP contribution in [0.2, 0.25) is 0 Å². The Kier molecular flexibility index (Phi) is 4.62. The monoisotopic (exact) mass is 366 g/mol. The van der Waals surface area contributed by atoms with Gasteiger partial charge in [-0.3, -0.25) is 0 Å². The predicted octanol–water partition coefficient (Wildman–Crippen LogP) is 3.68. The Bertz CT molecular complexity index is 876. The summed E-state index contributed by atoms with van der Waals surface area (Å²) in [5.74, 6) is 1.71. The quantitative estimate of drug-likeness (QED) is 0.869. The third kappa shape index (κ3) is 3.69. The van der Waals surface area contributed by atoms with Crippen molar-refractivity contribution in [3.8, 4) is 17.2 Å². The van der Waals surface area contributed by atoms with Crippen molar-refractivity contribution in [1.29, 1.82) is 0 Å². The number of aromatic hydroxyl groups is 1. The Morgan fingerprint density at radius 3 is 2.67 bits per heavy atom. The first-order valence-corrected chi connectivity index (χ1v) is 9.03. The molecule has 140 valence electrons. The first-order valence-electron chi connectivity index (χ1n) is 9.03. The van der Waals surface area contributed by atoms with Crippen molar-refractivity contribution in [2.45, 2.75) is 19.4 Å². The number of rotatable bonds is 3. The van der Waals surface area contributed by atoms with E-state index in [0.29, 0.717) is 18.8 Å². The molecule has 27 heavy (non-hydrogen) atoms. The van der Waals surface area contributed by atoms with Crippen LogP contribution in [-0.2, 0) is 0 Å². The molecule has 1 atom stereocenters. The van der Waals surface area contributed by atoms with Crippen LogP contribution in [0.4, 0.5) is 4.79 Å². The first-order chi connectivity index (χ1) is 13.1. The molecule has 2 N–H and O–H groups in total.